The molecule has 1 aliphatic rings. The number of carbonyl (C=O) groups is 1. The van der Waals surface area contributed by atoms with E-state index >= 15 is 0 Å². The third-order valence-electron chi connectivity index (χ3n) is 4.22. The van der Waals surface area contributed by atoms with Crippen LogP contribution in [0.25, 0.3) is 0 Å². The van der Waals surface area contributed by atoms with Crippen molar-refractivity contribution in [2.24, 2.45) is 11.7 Å². The van der Waals surface area contributed by atoms with Crippen molar-refractivity contribution in [2.75, 3.05) is 20.2 Å². The van der Waals surface area contributed by atoms with E-state index in [-0.39, 0.29) is 30.3 Å². The van der Waals surface area contributed by atoms with Gasteiger partial charge in [-0.25, -0.2) is 0 Å². The van der Waals surface area contributed by atoms with E-state index in [1.807, 2.05) is 38.2 Å². The Bertz CT molecular complexity index is 481. The number of rotatable bonds is 5. The summed E-state index contributed by atoms with van der Waals surface area (Å²) < 4.78 is 5.75. The Labute approximate surface area is 139 Å². The van der Waals surface area contributed by atoms with Crippen LogP contribution >= 0.6 is 12.4 Å². The monoisotopic (exact) mass is 326 g/mol. The molecule has 0 saturated heterocycles. The predicted molar refractivity (Wildman–Crippen MR) is 91.5 cm³/mol. The lowest BCUT2D eigenvalue weighted by molar-refractivity contribution is -0.135. The third kappa shape index (κ3) is 5.18. The summed E-state index contributed by atoms with van der Waals surface area (Å²) in [4.78, 5) is 14.1. The normalized spacial score (nSPS) is 20.9. The maximum Gasteiger partial charge on any atom is 0.225 e. The molecule has 0 radical (unpaired) electrons. The first kappa shape index (κ1) is 18.8. The summed E-state index contributed by atoms with van der Waals surface area (Å²) >= 11 is 0. The van der Waals surface area contributed by atoms with Crippen LogP contribution in [0.15, 0.2) is 24.3 Å². The fourth-order valence-electron chi connectivity index (χ4n) is 2.88. The predicted octanol–water partition coefficient (Wildman–Crippen LogP) is 2.77. The van der Waals surface area contributed by atoms with Crippen molar-refractivity contribution in [1.82, 2.24) is 4.90 Å². The molecular weight excluding hydrogens is 300 g/mol. The van der Waals surface area contributed by atoms with Gasteiger partial charge in [0.05, 0.1) is 6.54 Å². The second kappa shape index (κ2) is 9.01. The smallest absolute Gasteiger partial charge is 0.225 e. The van der Waals surface area contributed by atoms with E-state index in [2.05, 4.69) is 0 Å². The summed E-state index contributed by atoms with van der Waals surface area (Å²) in [7, 11) is 1.85. The van der Waals surface area contributed by atoms with Gasteiger partial charge in [-0.1, -0.05) is 24.6 Å². The highest BCUT2D eigenvalue weighted by molar-refractivity contribution is 5.85. The van der Waals surface area contributed by atoms with E-state index in [0.29, 0.717) is 13.2 Å². The second-order valence-corrected chi connectivity index (χ2v) is 6.00. The van der Waals surface area contributed by atoms with Gasteiger partial charge in [0.25, 0.3) is 0 Å². The number of para-hydroxylation sites is 1. The van der Waals surface area contributed by atoms with Crippen molar-refractivity contribution in [3.05, 3.63) is 29.8 Å². The van der Waals surface area contributed by atoms with Gasteiger partial charge in [0.1, 0.15) is 12.4 Å². The number of carbonyl (C=O) groups excluding carboxylic acids is 1. The van der Waals surface area contributed by atoms with Crippen LogP contribution in [0.1, 0.15) is 31.2 Å². The molecule has 1 amide bonds. The minimum atomic E-state index is 0. The molecule has 0 heterocycles. The molecule has 124 valence electrons. The summed E-state index contributed by atoms with van der Waals surface area (Å²) in [5, 5.41) is 0. The maximum absolute atomic E-state index is 12.4. The third-order valence-corrected chi connectivity index (χ3v) is 4.22. The molecular formula is C17H27ClN2O2. The van der Waals surface area contributed by atoms with Crippen LogP contribution in [0.3, 0.4) is 0 Å². The molecule has 0 bridgehead atoms. The molecule has 1 saturated carbocycles. The van der Waals surface area contributed by atoms with E-state index in [1.165, 1.54) is 0 Å². The maximum atomic E-state index is 12.4. The Kier molecular flexibility index (Phi) is 7.69. The Balaban J connectivity index is 0.00000242. The van der Waals surface area contributed by atoms with Gasteiger partial charge in [0.2, 0.25) is 5.91 Å². The summed E-state index contributed by atoms with van der Waals surface area (Å²) in [6.07, 6.45) is 3.90. The summed E-state index contributed by atoms with van der Waals surface area (Å²) in [6, 6.07) is 8.11. The molecule has 4 nitrogen and oxygen atoms in total. The Hall–Kier alpha value is -1.26. The number of hydrogen-bond acceptors (Lipinski definition) is 3. The lowest BCUT2D eigenvalue weighted by Crippen LogP contribution is -2.40. The highest BCUT2D eigenvalue weighted by Gasteiger charge is 2.27. The number of nitrogens with zero attached hydrogens (tertiary/aromatic N) is 1. The van der Waals surface area contributed by atoms with Crippen LogP contribution < -0.4 is 10.5 Å². The number of halogens is 1. The van der Waals surface area contributed by atoms with E-state index in [4.69, 9.17) is 10.5 Å². The molecule has 0 aromatic heterocycles. The number of nitrogens with two attached hydrogens (primary N) is 1. The van der Waals surface area contributed by atoms with Gasteiger partial charge in [-0.05, 0) is 37.8 Å². The number of ether oxygens (including phenoxy) is 1. The molecule has 5 heteroatoms. The topological polar surface area (TPSA) is 55.6 Å². The lowest BCUT2D eigenvalue weighted by atomic mass is 9.85. The van der Waals surface area contributed by atoms with Gasteiger partial charge < -0.3 is 15.4 Å². The quantitative estimate of drug-likeness (QED) is 0.905. The zero-order chi connectivity index (χ0) is 15.2. The van der Waals surface area contributed by atoms with E-state index in [0.717, 1.165) is 37.0 Å². The van der Waals surface area contributed by atoms with Crippen LogP contribution in [0.5, 0.6) is 5.75 Å². The minimum absolute atomic E-state index is 0. The zero-order valence-corrected chi connectivity index (χ0v) is 14.3. The highest BCUT2D eigenvalue weighted by atomic mass is 35.5. The molecule has 1 fully saturated rings. The largest absolute Gasteiger partial charge is 0.491 e. The fraction of sp³-hybridized carbons (Fsp3) is 0.588. The Morgan fingerprint density at radius 2 is 2.09 bits per heavy atom. The van der Waals surface area contributed by atoms with Crippen molar-refractivity contribution >= 4 is 18.3 Å². The average molecular weight is 327 g/mol. The van der Waals surface area contributed by atoms with Gasteiger partial charge in [-0.2, -0.15) is 0 Å². The number of likely N-dealkylation sites (N-methyl/N-ethyl adjacent to an activating group) is 1. The van der Waals surface area contributed by atoms with Crippen LogP contribution in [-0.4, -0.2) is 37.0 Å². The van der Waals surface area contributed by atoms with Crippen molar-refractivity contribution in [2.45, 2.75) is 38.6 Å². The van der Waals surface area contributed by atoms with Crippen molar-refractivity contribution < 1.29 is 9.53 Å². The van der Waals surface area contributed by atoms with Crippen LogP contribution in [0.4, 0.5) is 0 Å². The molecule has 1 aromatic rings. The number of benzene rings is 1. The first-order valence-electron chi connectivity index (χ1n) is 7.77. The molecule has 2 atom stereocenters. The summed E-state index contributed by atoms with van der Waals surface area (Å²) in [6.45, 7) is 3.15. The highest BCUT2D eigenvalue weighted by Crippen LogP contribution is 2.24. The zero-order valence-electron chi connectivity index (χ0n) is 13.5. The van der Waals surface area contributed by atoms with Crippen molar-refractivity contribution in [3.8, 4) is 5.75 Å². The van der Waals surface area contributed by atoms with E-state index < -0.39 is 0 Å². The first-order valence-corrected chi connectivity index (χ1v) is 7.77. The SMILES string of the molecule is Cc1ccccc1OCCN(C)C(=O)C1CCCC(N)C1.Cl. The second-order valence-electron chi connectivity index (χ2n) is 6.00. The van der Waals surface area contributed by atoms with Crippen LogP contribution in [0, 0.1) is 12.8 Å². The molecule has 2 N–H and O–H groups in total. The average Bonchev–Trinajstić information content (AvgIpc) is 2.48. The standard InChI is InChI=1S/C17H26N2O2.ClH/c1-13-6-3-4-9-16(13)21-11-10-19(2)17(20)14-7-5-8-15(18)12-14;/h3-4,6,9,14-15H,5,7-8,10-12,18H2,1-2H3;1H. The van der Waals surface area contributed by atoms with E-state index in [1.54, 1.807) is 4.90 Å². The lowest BCUT2D eigenvalue weighted by Gasteiger charge is -2.29. The van der Waals surface area contributed by atoms with Gasteiger partial charge in [0, 0.05) is 19.0 Å². The Morgan fingerprint density at radius 3 is 2.77 bits per heavy atom. The van der Waals surface area contributed by atoms with Crippen LogP contribution in [-0.2, 0) is 4.79 Å². The molecule has 2 unspecified atom stereocenters. The van der Waals surface area contributed by atoms with Gasteiger partial charge in [-0.15, -0.1) is 12.4 Å². The first-order chi connectivity index (χ1) is 10.1. The summed E-state index contributed by atoms with van der Waals surface area (Å²) in [5.41, 5.74) is 7.08. The van der Waals surface area contributed by atoms with Gasteiger partial charge >= 0.3 is 0 Å². The molecule has 1 aromatic carbocycles. The number of aryl methyl sites for hydroxylation is 1. The minimum Gasteiger partial charge on any atom is -0.491 e. The molecule has 0 aliphatic heterocycles. The van der Waals surface area contributed by atoms with Crippen molar-refractivity contribution in [3.63, 3.8) is 0 Å². The van der Waals surface area contributed by atoms with Gasteiger partial charge in [-0.3, -0.25) is 4.79 Å². The number of hydrogen-bond donors (Lipinski definition) is 1. The number of amides is 1. The van der Waals surface area contributed by atoms with Crippen LogP contribution in [0.2, 0.25) is 0 Å². The molecule has 0 spiro atoms. The summed E-state index contributed by atoms with van der Waals surface area (Å²) in [5.74, 6) is 1.19. The molecule has 22 heavy (non-hydrogen) atoms. The molecule has 2 rings (SSSR count). The Morgan fingerprint density at radius 1 is 1.36 bits per heavy atom. The van der Waals surface area contributed by atoms with Gasteiger partial charge in [0.15, 0.2) is 0 Å². The fourth-order valence-corrected chi connectivity index (χ4v) is 2.88. The van der Waals surface area contributed by atoms with Crippen molar-refractivity contribution in [1.29, 1.82) is 0 Å². The van der Waals surface area contributed by atoms with E-state index in [9.17, 15) is 4.79 Å². The molecule has 1 aliphatic carbocycles.